The van der Waals surface area contributed by atoms with Gasteiger partial charge in [-0.3, -0.25) is 4.79 Å². The SMILES string of the molecule is CSc1nnc(SCC(=O)N[C@@H](C)c2cccc(Cl)c2)s1. The summed E-state index contributed by atoms with van der Waals surface area (Å²) in [5.74, 6) is 0.293. The molecule has 0 saturated carbocycles. The number of amides is 1. The van der Waals surface area contributed by atoms with Crippen molar-refractivity contribution in [3.05, 3.63) is 34.9 Å². The molecule has 0 saturated heterocycles. The minimum atomic E-state index is -0.0759. The van der Waals surface area contributed by atoms with Crippen LogP contribution in [0.5, 0.6) is 0 Å². The number of rotatable bonds is 6. The van der Waals surface area contributed by atoms with E-state index in [0.717, 1.165) is 14.2 Å². The number of hydrogen-bond acceptors (Lipinski definition) is 6. The molecule has 1 heterocycles. The summed E-state index contributed by atoms with van der Waals surface area (Å²) in [5, 5.41) is 11.6. The average Bonchev–Trinajstić information content (AvgIpc) is 2.93. The molecule has 0 bridgehead atoms. The standard InChI is InChI=1S/C13H14ClN3OS3/c1-8(9-4-3-5-10(14)6-9)15-11(18)7-20-13-17-16-12(19-2)21-13/h3-6,8H,7H2,1-2H3,(H,15,18)/t8-/m0/s1. The second-order valence-electron chi connectivity index (χ2n) is 4.17. The van der Waals surface area contributed by atoms with E-state index in [9.17, 15) is 4.79 Å². The van der Waals surface area contributed by atoms with Crippen LogP contribution in [0.15, 0.2) is 32.9 Å². The van der Waals surface area contributed by atoms with Gasteiger partial charge in [-0.2, -0.15) is 0 Å². The Kier molecular flexibility index (Phi) is 6.35. The van der Waals surface area contributed by atoms with Crippen LogP contribution in [-0.4, -0.2) is 28.1 Å². The van der Waals surface area contributed by atoms with Gasteiger partial charge in [0.15, 0.2) is 8.68 Å². The molecule has 0 fully saturated rings. The molecule has 8 heteroatoms. The maximum Gasteiger partial charge on any atom is 0.230 e. The Morgan fingerprint density at radius 2 is 2.19 bits per heavy atom. The molecule has 4 nitrogen and oxygen atoms in total. The first-order valence-corrected chi connectivity index (χ1v) is 9.54. The molecule has 0 radical (unpaired) electrons. The molecular weight excluding hydrogens is 346 g/mol. The number of thioether (sulfide) groups is 2. The molecule has 21 heavy (non-hydrogen) atoms. The first-order chi connectivity index (χ1) is 10.1. The van der Waals surface area contributed by atoms with Gasteiger partial charge in [0.25, 0.3) is 0 Å². The second-order valence-corrected chi connectivity index (χ2v) is 7.86. The van der Waals surface area contributed by atoms with Crippen LogP contribution in [-0.2, 0) is 4.79 Å². The number of benzene rings is 1. The normalized spacial score (nSPS) is 12.1. The van der Waals surface area contributed by atoms with Gasteiger partial charge >= 0.3 is 0 Å². The van der Waals surface area contributed by atoms with E-state index in [1.807, 2.05) is 37.4 Å². The van der Waals surface area contributed by atoms with Gasteiger partial charge in [-0.25, -0.2) is 0 Å². The fourth-order valence-electron chi connectivity index (χ4n) is 1.61. The molecule has 1 amide bonds. The highest BCUT2D eigenvalue weighted by Gasteiger charge is 2.12. The molecule has 0 unspecified atom stereocenters. The number of halogens is 1. The van der Waals surface area contributed by atoms with Crippen molar-refractivity contribution in [2.24, 2.45) is 0 Å². The van der Waals surface area contributed by atoms with E-state index in [0.29, 0.717) is 10.8 Å². The largest absolute Gasteiger partial charge is 0.349 e. The highest BCUT2D eigenvalue weighted by molar-refractivity contribution is 8.03. The average molecular weight is 360 g/mol. The number of nitrogens with one attached hydrogen (secondary N) is 1. The lowest BCUT2D eigenvalue weighted by atomic mass is 10.1. The smallest absolute Gasteiger partial charge is 0.230 e. The van der Waals surface area contributed by atoms with Crippen molar-refractivity contribution in [1.29, 1.82) is 0 Å². The Balaban J connectivity index is 1.84. The lowest BCUT2D eigenvalue weighted by molar-refractivity contribution is -0.119. The quantitative estimate of drug-likeness (QED) is 0.793. The van der Waals surface area contributed by atoms with Crippen LogP contribution in [0.2, 0.25) is 5.02 Å². The third kappa shape index (κ3) is 5.18. The van der Waals surface area contributed by atoms with Crippen LogP contribution in [0.25, 0.3) is 0 Å². The topological polar surface area (TPSA) is 54.9 Å². The molecule has 1 atom stereocenters. The molecule has 2 aromatic rings. The first-order valence-electron chi connectivity index (χ1n) is 6.13. The first kappa shape index (κ1) is 16.6. The highest BCUT2D eigenvalue weighted by atomic mass is 35.5. The van der Waals surface area contributed by atoms with Crippen molar-refractivity contribution in [1.82, 2.24) is 15.5 Å². The van der Waals surface area contributed by atoms with E-state index >= 15 is 0 Å². The maximum absolute atomic E-state index is 11.9. The van der Waals surface area contributed by atoms with Crippen molar-refractivity contribution in [3.63, 3.8) is 0 Å². The molecule has 0 aliphatic carbocycles. The van der Waals surface area contributed by atoms with Gasteiger partial charge in [-0.05, 0) is 30.9 Å². The van der Waals surface area contributed by atoms with Gasteiger partial charge in [0, 0.05) is 5.02 Å². The lowest BCUT2D eigenvalue weighted by Crippen LogP contribution is -2.28. The summed E-state index contributed by atoms with van der Waals surface area (Å²) in [6, 6.07) is 7.41. The van der Waals surface area contributed by atoms with E-state index < -0.39 is 0 Å². The van der Waals surface area contributed by atoms with Gasteiger partial charge in [0.2, 0.25) is 5.91 Å². The van der Waals surface area contributed by atoms with Crippen molar-refractivity contribution >= 4 is 52.4 Å². The maximum atomic E-state index is 11.9. The van der Waals surface area contributed by atoms with Crippen LogP contribution in [0.3, 0.4) is 0 Å². The Morgan fingerprint density at radius 3 is 2.86 bits per heavy atom. The molecular formula is C13H14ClN3OS3. The van der Waals surface area contributed by atoms with Crippen molar-refractivity contribution in [3.8, 4) is 0 Å². The van der Waals surface area contributed by atoms with Crippen LogP contribution in [0.1, 0.15) is 18.5 Å². The van der Waals surface area contributed by atoms with E-state index in [-0.39, 0.29) is 11.9 Å². The minimum absolute atomic E-state index is 0.0339. The van der Waals surface area contributed by atoms with E-state index in [1.54, 1.807) is 11.8 Å². The molecule has 0 aliphatic heterocycles. The third-order valence-electron chi connectivity index (χ3n) is 2.62. The van der Waals surface area contributed by atoms with Gasteiger partial charge in [-0.1, -0.05) is 58.6 Å². The summed E-state index contributed by atoms with van der Waals surface area (Å²) in [6.07, 6.45) is 1.95. The van der Waals surface area contributed by atoms with E-state index in [4.69, 9.17) is 11.6 Å². The summed E-state index contributed by atoms with van der Waals surface area (Å²) in [7, 11) is 0. The summed E-state index contributed by atoms with van der Waals surface area (Å²) < 4.78 is 1.72. The van der Waals surface area contributed by atoms with E-state index in [2.05, 4.69) is 15.5 Å². The fourth-order valence-corrected chi connectivity index (χ4v) is 4.06. The van der Waals surface area contributed by atoms with Crippen LogP contribution in [0, 0.1) is 0 Å². The number of hydrogen-bond donors (Lipinski definition) is 1. The Labute approximate surface area is 141 Å². The van der Waals surface area contributed by atoms with Gasteiger partial charge in [0.1, 0.15) is 0 Å². The Bertz CT molecular complexity index is 620. The molecule has 2 rings (SSSR count). The number of carbonyl (C=O) groups is 1. The molecule has 0 spiro atoms. The number of aromatic nitrogens is 2. The van der Waals surface area contributed by atoms with Crippen molar-refractivity contribution in [2.45, 2.75) is 21.6 Å². The predicted molar refractivity (Wildman–Crippen MR) is 90.4 cm³/mol. The monoisotopic (exact) mass is 359 g/mol. The summed E-state index contributed by atoms with van der Waals surface area (Å²) >= 11 is 10.4. The molecule has 1 aromatic carbocycles. The molecule has 0 aliphatic rings. The zero-order valence-corrected chi connectivity index (χ0v) is 14.7. The van der Waals surface area contributed by atoms with Crippen LogP contribution < -0.4 is 5.32 Å². The zero-order valence-electron chi connectivity index (χ0n) is 11.5. The molecule has 112 valence electrons. The summed E-state index contributed by atoms with van der Waals surface area (Å²) in [6.45, 7) is 1.94. The zero-order chi connectivity index (χ0) is 15.2. The number of nitrogens with zero attached hydrogens (tertiary/aromatic N) is 2. The summed E-state index contributed by atoms with van der Waals surface area (Å²) in [4.78, 5) is 11.9. The fraction of sp³-hybridized carbons (Fsp3) is 0.308. The Morgan fingerprint density at radius 1 is 1.43 bits per heavy atom. The van der Waals surface area contributed by atoms with E-state index in [1.165, 1.54) is 23.1 Å². The number of carbonyl (C=O) groups excluding carboxylic acids is 1. The highest BCUT2D eigenvalue weighted by Crippen LogP contribution is 2.27. The minimum Gasteiger partial charge on any atom is -0.349 e. The molecule has 1 aromatic heterocycles. The van der Waals surface area contributed by atoms with Crippen molar-refractivity contribution < 1.29 is 4.79 Å². The summed E-state index contributed by atoms with van der Waals surface area (Å²) in [5.41, 5.74) is 0.987. The van der Waals surface area contributed by atoms with Crippen molar-refractivity contribution in [2.75, 3.05) is 12.0 Å². The predicted octanol–water partition coefficient (Wildman–Crippen LogP) is 3.88. The van der Waals surface area contributed by atoms with Crippen LogP contribution >= 0.6 is 46.5 Å². The van der Waals surface area contributed by atoms with Crippen LogP contribution in [0.4, 0.5) is 0 Å². The second kappa shape index (κ2) is 8.03. The Hall–Kier alpha value is -0.760. The lowest BCUT2D eigenvalue weighted by Gasteiger charge is -2.14. The van der Waals surface area contributed by atoms with Gasteiger partial charge in [0.05, 0.1) is 11.8 Å². The van der Waals surface area contributed by atoms with Gasteiger partial charge < -0.3 is 5.32 Å². The molecule has 1 N–H and O–H groups in total. The third-order valence-corrected chi connectivity index (χ3v) is 5.88. The van der Waals surface area contributed by atoms with Gasteiger partial charge in [-0.15, -0.1) is 10.2 Å².